The van der Waals surface area contributed by atoms with Crippen molar-refractivity contribution in [2.24, 2.45) is 0 Å². The Kier molecular flexibility index (Phi) is 14.8. The summed E-state index contributed by atoms with van der Waals surface area (Å²) in [4.78, 5) is 29.6. The third-order valence-corrected chi connectivity index (χ3v) is 11.5. The molecule has 1 aliphatic rings. The summed E-state index contributed by atoms with van der Waals surface area (Å²) in [6.45, 7) is 4.27. The maximum atomic E-state index is 13.8. The van der Waals surface area contributed by atoms with Gasteiger partial charge in [-0.2, -0.15) is 0 Å². The molecule has 0 radical (unpaired) electrons. The minimum atomic E-state index is -4.00. The van der Waals surface area contributed by atoms with Gasteiger partial charge in [-0.3, -0.25) is 9.59 Å². The van der Waals surface area contributed by atoms with Gasteiger partial charge in [0.2, 0.25) is 21.8 Å². The molecule has 6 rings (SSSR count). The summed E-state index contributed by atoms with van der Waals surface area (Å²) in [5.41, 5.74) is 4.07. The summed E-state index contributed by atoms with van der Waals surface area (Å²) in [5.74, 6) is -0.517. The Morgan fingerprint density at radius 3 is 2.02 bits per heavy atom. The zero-order chi connectivity index (χ0) is 37.0. The molecule has 3 unspecified atom stereocenters. The summed E-state index contributed by atoms with van der Waals surface area (Å²) in [6, 6.07) is 39.2. The largest absolute Gasteiger partial charge is 0.344 e. The lowest BCUT2D eigenvalue weighted by molar-refractivity contribution is -0.135. The number of nitrogens with one attached hydrogen (secondary N) is 3. The van der Waals surface area contributed by atoms with Crippen LogP contribution in [-0.2, 0) is 39.0 Å². The number of carbonyl (C=O) groups is 2. The zero-order valence-corrected chi connectivity index (χ0v) is 32.5. The highest BCUT2D eigenvalue weighted by Gasteiger charge is 2.30. The molecule has 2 amide bonds. The third-order valence-electron chi connectivity index (χ3n) is 9.99. The predicted molar refractivity (Wildman–Crippen MR) is 219 cm³/mol. The summed E-state index contributed by atoms with van der Waals surface area (Å²) < 4.78 is 30.2. The highest BCUT2D eigenvalue weighted by Crippen LogP contribution is 2.24. The van der Waals surface area contributed by atoms with Crippen LogP contribution in [0.3, 0.4) is 0 Å². The van der Waals surface area contributed by atoms with Crippen LogP contribution in [0.5, 0.6) is 0 Å². The second-order valence-corrected chi connectivity index (χ2v) is 15.7. The first-order valence-corrected chi connectivity index (χ1v) is 20.2. The van der Waals surface area contributed by atoms with E-state index in [2.05, 4.69) is 58.7 Å². The van der Waals surface area contributed by atoms with Crippen molar-refractivity contribution < 1.29 is 18.0 Å². The lowest BCUT2D eigenvalue weighted by atomic mass is 10.0. The van der Waals surface area contributed by atoms with Crippen molar-refractivity contribution >= 4 is 45.0 Å². The molecular weight excluding hydrogens is 716 g/mol. The van der Waals surface area contributed by atoms with Crippen molar-refractivity contribution in [2.75, 3.05) is 13.1 Å². The number of hydrogen-bond donors (Lipinski definition) is 3. The first kappa shape index (κ1) is 40.6. The molecule has 54 heavy (non-hydrogen) atoms. The van der Waals surface area contributed by atoms with Crippen LogP contribution in [-0.4, -0.2) is 50.3 Å². The molecular formula is C44H51ClN4O4S. The topological polar surface area (TPSA) is 108 Å². The fourth-order valence-electron chi connectivity index (χ4n) is 7.11. The van der Waals surface area contributed by atoms with Crippen molar-refractivity contribution in [3.05, 3.63) is 150 Å². The van der Waals surface area contributed by atoms with Crippen LogP contribution in [0.4, 0.5) is 0 Å². The number of fused-ring (bicyclic) bond motifs is 1. The molecule has 0 aliphatic carbocycles. The Morgan fingerprint density at radius 1 is 0.722 bits per heavy atom. The minimum Gasteiger partial charge on any atom is -0.344 e. The maximum absolute atomic E-state index is 13.8. The fraction of sp³-hybridized carbons (Fsp3) is 0.318. The Balaban J connectivity index is 0.00000561. The van der Waals surface area contributed by atoms with Gasteiger partial charge in [0.05, 0.1) is 10.9 Å². The fourth-order valence-corrected chi connectivity index (χ4v) is 8.37. The van der Waals surface area contributed by atoms with Crippen LogP contribution in [0.1, 0.15) is 67.3 Å². The van der Waals surface area contributed by atoms with Gasteiger partial charge in [-0.1, -0.05) is 129 Å². The predicted octanol–water partition coefficient (Wildman–Crippen LogP) is 7.52. The first-order chi connectivity index (χ1) is 25.8. The van der Waals surface area contributed by atoms with Crippen molar-refractivity contribution in [3.8, 4) is 0 Å². The quantitative estimate of drug-likeness (QED) is 0.0908. The number of halogens is 1. The Labute approximate surface area is 326 Å². The van der Waals surface area contributed by atoms with Crippen LogP contribution in [0.2, 0.25) is 0 Å². The Bertz CT molecular complexity index is 2060. The molecule has 5 aromatic carbocycles. The summed E-state index contributed by atoms with van der Waals surface area (Å²) in [6.07, 6.45) is 5.19. The van der Waals surface area contributed by atoms with Gasteiger partial charge in [0.1, 0.15) is 6.04 Å². The Hall–Kier alpha value is -4.54. The van der Waals surface area contributed by atoms with E-state index in [0.29, 0.717) is 31.1 Å². The van der Waals surface area contributed by atoms with E-state index in [1.807, 2.05) is 65.6 Å². The highest BCUT2D eigenvalue weighted by atomic mass is 35.5. The Morgan fingerprint density at radius 2 is 1.33 bits per heavy atom. The number of sulfonamides is 1. The van der Waals surface area contributed by atoms with Gasteiger partial charge in [-0.05, 0) is 70.8 Å². The second kappa shape index (κ2) is 19.7. The number of hydrogen-bond acceptors (Lipinski definition) is 5. The second-order valence-electron chi connectivity index (χ2n) is 14.0. The van der Waals surface area contributed by atoms with E-state index in [1.165, 1.54) is 5.56 Å². The standard InChI is InChI=1S/C44H50N4O4S.ClH/c1-2-13-39(28-33-14-5-3-6-15-33)45-32-35-22-20-34(21-23-35)29-42(44(50)48-26-11-12-27-48)46-43(49)31-41(37-17-7-4-8-18-37)47-53(51,52)40-25-24-36-16-9-10-19-38(36)30-40;/h3-10,14-25,30,39,41-42,45,47H,2,11-13,26-29,31-32H2,1H3,(H,46,49);1H. The molecule has 5 aromatic rings. The van der Waals surface area contributed by atoms with Gasteiger partial charge >= 0.3 is 0 Å². The molecule has 1 fully saturated rings. The SMILES string of the molecule is CCCC(Cc1ccccc1)NCc1ccc(CC(NC(=O)CC(NS(=O)(=O)c2ccc3ccccc3c2)c2ccccc2)C(=O)N2CCCC2)cc1.Cl. The lowest BCUT2D eigenvalue weighted by Gasteiger charge is -2.26. The van der Waals surface area contributed by atoms with Crippen molar-refractivity contribution in [2.45, 2.75) is 81.4 Å². The number of likely N-dealkylation sites (tertiary alicyclic amines) is 1. The monoisotopic (exact) mass is 766 g/mol. The highest BCUT2D eigenvalue weighted by molar-refractivity contribution is 7.89. The molecule has 0 bridgehead atoms. The summed E-state index contributed by atoms with van der Waals surface area (Å²) in [7, 11) is -4.00. The van der Waals surface area contributed by atoms with Gasteiger partial charge in [-0.25, -0.2) is 13.1 Å². The molecule has 0 aromatic heterocycles. The normalized spacial score (nSPS) is 14.6. The number of benzene rings is 5. The van der Waals surface area contributed by atoms with Gasteiger partial charge in [0.15, 0.2) is 0 Å². The van der Waals surface area contributed by atoms with Crippen LogP contribution >= 0.6 is 12.4 Å². The maximum Gasteiger partial charge on any atom is 0.245 e. The van der Waals surface area contributed by atoms with Crippen LogP contribution in [0, 0.1) is 0 Å². The molecule has 3 atom stereocenters. The number of carbonyl (C=O) groups excluding carboxylic acids is 2. The van der Waals surface area contributed by atoms with Crippen molar-refractivity contribution in [1.29, 1.82) is 0 Å². The number of amides is 2. The van der Waals surface area contributed by atoms with Crippen LogP contribution < -0.4 is 15.4 Å². The van der Waals surface area contributed by atoms with Crippen molar-refractivity contribution in [3.63, 3.8) is 0 Å². The average Bonchev–Trinajstić information content (AvgIpc) is 3.73. The molecule has 284 valence electrons. The van der Waals surface area contributed by atoms with Gasteiger partial charge in [0.25, 0.3) is 0 Å². The van der Waals surface area contributed by atoms with E-state index in [4.69, 9.17) is 0 Å². The van der Waals surface area contributed by atoms with E-state index >= 15 is 0 Å². The molecule has 8 nitrogen and oxygen atoms in total. The number of rotatable bonds is 17. The number of nitrogens with zero attached hydrogens (tertiary/aromatic N) is 1. The first-order valence-electron chi connectivity index (χ1n) is 18.8. The van der Waals surface area contributed by atoms with E-state index in [-0.39, 0.29) is 29.6 Å². The van der Waals surface area contributed by atoms with E-state index < -0.39 is 28.0 Å². The van der Waals surface area contributed by atoms with Gasteiger partial charge in [-0.15, -0.1) is 12.4 Å². The molecule has 0 saturated carbocycles. The lowest BCUT2D eigenvalue weighted by Crippen LogP contribution is -2.49. The van der Waals surface area contributed by atoms with Crippen molar-refractivity contribution in [1.82, 2.24) is 20.3 Å². The molecule has 3 N–H and O–H groups in total. The molecule has 0 spiro atoms. The van der Waals surface area contributed by atoms with E-state index in [1.54, 1.807) is 30.3 Å². The smallest absolute Gasteiger partial charge is 0.245 e. The van der Waals surface area contributed by atoms with Gasteiger partial charge in [0, 0.05) is 38.5 Å². The van der Waals surface area contributed by atoms with E-state index in [9.17, 15) is 18.0 Å². The van der Waals surface area contributed by atoms with Crippen LogP contribution in [0.15, 0.2) is 132 Å². The minimum absolute atomic E-state index is 0. The average molecular weight is 767 g/mol. The zero-order valence-electron chi connectivity index (χ0n) is 30.8. The summed E-state index contributed by atoms with van der Waals surface area (Å²) in [5, 5.41) is 8.47. The molecule has 1 saturated heterocycles. The van der Waals surface area contributed by atoms with Gasteiger partial charge < -0.3 is 15.5 Å². The van der Waals surface area contributed by atoms with Crippen LogP contribution in [0.25, 0.3) is 10.8 Å². The molecule has 10 heteroatoms. The molecule has 1 aliphatic heterocycles. The summed E-state index contributed by atoms with van der Waals surface area (Å²) >= 11 is 0. The third kappa shape index (κ3) is 11.2. The van der Waals surface area contributed by atoms with E-state index in [0.717, 1.165) is 60.5 Å². The molecule has 1 heterocycles.